The van der Waals surface area contributed by atoms with Crippen LogP contribution in [0.3, 0.4) is 0 Å². The number of aromatic amines is 4. The number of imidazole rings is 1. The van der Waals surface area contributed by atoms with E-state index in [1.165, 1.54) is 12.1 Å². The SMILES string of the molecule is Cc1ccc(S(=O)(=O)O)cc1.O=c1[nH]c(=O)c2[nH]c(=O)[nH]c2[nH]1. The summed E-state index contributed by atoms with van der Waals surface area (Å²) in [6.45, 7) is 1.84. The van der Waals surface area contributed by atoms with Gasteiger partial charge < -0.3 is 0 Å². The van der Waals surface area contributed by atoms with Crippen LogP contribution >= 0.6 is 0 Å². The summed E-state index contributed by atoms with van der Waals surface area (Å²) < 4.78 is 29.6. The molecular weight excluding hydrogens is 328 g/mol. The summed E-state index contributed by atoms with van der Waals surface area (Å²) in [4.78, 5) is 40.9. The minimum atomic E-state index is -4.02. The van der Waals surface area contributed by atoms with Gasteiger partial charge in [0.1, 0.15) is 11.2 Å². The maximum absolute atomic E-state index is 10.9. The van der Waals surface area contributed by atoms with E-state index in [2.05, 4.69) is 15.0 Å². The molecule has 0 aliphatic heterocycles. The van der Waals surface area contributed by atoms with Gasteiger partial charge in [0.2, 0.25) is 0 Å². The number of aryl methyl sites for hydroxylation is 1. The van der Waals surface area contributed by atoms with Gasteiger partial charge in [-0.2, -0.15) is 8.42 Å². The van der Waals surface area contributed by atoms with Crippen LogP contribution in [-0.2, 0) is 10.1 Å². The van der Waals surface area contributed by atoms with E-state index in [0.29, 0.717) is 0 Å². The first-order chi connectivity index (χ1) is 10.7. The van der Waals surface area contributed by atoms with Crippen molar-refractivity contribution in [1.29, 1.82) is 0 Å². The first-order valence-electron chi connectivity index (χ1n) is 6.15. The first kappa shape index (κ1) is 16.5. The van der Waals surface area contributed by atoms with Gasteiger partial charge in [-0.05, 0) is 19.1 Å². The number of nitrogens with one attached hydrogen (secondary N) is 4. The van der Waals surface area contributed by atoms with E-state index in [0.717, 1.165) is 5.56 Å². The van der Waals surface area contributed by atoms with Crippen LogP contribution in [0, 0.1) is 6.92 Å². The van der Waals surface area contributed by atoms with Crippen molar-refractivity contribution < 1.29 is 13.0 Å². The third-order valence-electron chi connectivity index (χ3n) is 2.74. The predicted molar refractivity (Wildman–Crippen MR) is 81.2 cm³/mol. The fraction of sp³-hybridized carbons (Fsp3) is 0.0833. The fourth-order valence-electron chi connectivity index (χ4n) is 1.67. The van der Waals surface area contributed by atoms with E-state index in [1.54, 1.807) is 12.1 Å². The molecule has 0 spiro atoms. The van der Waals surface area contributed by atoms with Crippen molar-refractivity contribution in [2.24, 2.45) is 0 Å². The molecule has 3 rings (SSSR count). The van der Waals surface area contributed by atoms with Crippen molar-refractivity contribution in [2.75, 3.05) is 0 Å². The van der Waals surface area contributed by atoms with E-state index in [9.17, 15) is 22.8 Å². The lowest BCUT2D eigenvalue weighted by atomic mass is 10.2. The number of H-pyrrole nitrogens is 4. The van der Waals surface area contributed by atoms with Crippen molar-refractivity contribution in [1.82, 2.24) is 19.9 Å². The third kappa shape index (κ3) is 4.05. The maximum Gasteiger partial charge on any atom is 0.327 e. The number of benzene rings is 1. The summed E-state index contributed by atoms with van der Waals surface area (Å²) in [6.07, 6.45) is 0. The molecule has 0 aliphatic carbocycles. The van der Waals surface area contributed by atoms with Crippen molar-refractivity contribution in [3.05, 3.63) is 61.2 Å². The molecule has 11 heteroatoms. The lowest BCUT2D eigenvalue weighted by Crippen LogP contribution is -2.21. The highest BCUT2D eigenvalue weighted by Gasteiger charge is 2.06. The zero-order chi connectivity index (χ0) is 17.2. The normalized spacial score (nSPS) is 11.0. The van der Waals surface area contributed by atoms with Gasteiger partial charge in [0.25, 0.3) is 15.7 Å². The molecule has 1 aromatic carbocycles. The Morgan fingerprint density at radius 3 is 1.91 bits per heavy atom. The molecule has 23 heavy (non-hydrogen) atoms. The number of rotatable bonds is 1. The molecule has 0 amide bonds. The molecule has 2 heterocycles. The summed E-state index contributed by atoms with van der Waals surface area (Å²) in [7, 11) is -4.02. The van der Waals surface area contributed by atoms with E-state index >= 15 is 0 Å². The highest BCUT2D eigenvalue weighted by molar-refractivity contribution is 7.85. The Hall–Kier alpha value is -2.92. The molecule has 5 N–H and O–H groups in total. The summed E-state index contributed by atoms with van der Waals surface area (Å²) in [5.74, 6) is 0. The zero-order valence-electron chi connectivity index (χ0n) is 11.7. The van der Waals surface area contributed by atoms with Crippen LogP contribution in [0.15, 0.2) is 43.5 Å². The second-order valence-corrected chi connectivity index (χ2v) is 5.95. The molecule has 0 aliphatic rings. The molecule has 0 bridgehead atoms. The van der Waals surface area contributed by atoms with Crippen LogP contribution in [0.5, 0.6) is 0 Å². The topological polar surface area (TPSA) is 169 Å². The predicted octanol–water partition coefficient (Wildman–Crippen LogP) is -0.525. The quantitative estimate of drug-likeness (QED) is 0.373. The van der Waals surface area contributed by atoms with Gasteiger partial charge >= 0.3 is 11.4 Å². The summed E-state index contributed by atoms with van der Waals surface area (Å²) >= 11 is 0. The van der Waals surface area contributed by atoms with Crippen LogP contribution in [0.4, 0.5) is 0 Å². The van der Waals surface area contributed by atoms with Gasteiger partial charge in [0, 0.05) is 0 Å². The van der Waals surface area contributed by atoms with E-state index in [4.69, 9.17) is 4.55 Å². The minimum Gasteiger partial charge on any atom is -0.300 e. The molecule has 0 unspecified atom stereocenters. The first-order valence-corrected chi connectivity index (χ1v) is 7.59. The van der Waals surface area contributed by atoms with E-state index < -0.39 is 27.1 Å². The highest BCUT2D eigenvalue weighted by atomic mass is 32.2. The van der Waals surface area contributed by atoms with Crippen LogP contribution in [0.25, 0.3) is 11.2 Å². The lowest BCUT2D eigenvalue weighted by molar-refractivity contribution is 0.483. The minimum absolute atomic E-state index is 0.0413. The Morgan fingerprint density at radius 2 is 1.39 bits per heavy atom. The smallest absolute Gasteiger partial charge is 0.300 e. The van der Waals surface area contributed by atoms with Crippen LogP contribution in [-0.4, -0.2) is 32.9 Å². The molecular formula is C12H12N4O6S. The summed E-state index contributed by atoms with van der Waals surface area (Å²) in [5, 5.41) is 0. The average molecular weight is 340 g/mol. The monoisotopic (exact) mass is 340 g/mol. The van der Waals surface area contributed by atoms with Gasteiger partial charge in [0.05, 0.1) is 4.90 Å². The van der Waals surface area contributed by atoms with Crippen molar-refractivity contribution in [3.63, 3.8) is 0 Å². The molecule has 2 aromatic heterocycles. The average Bonchev–Trinajstić information content (AvgIpc) is 2.79. The summed E-state index contributed by atoms with van der Waals surface area (Å²) in [5.41, 5.74) is -0.696. The van der Waals surface area contributed by atoms with Crippen molar-refractivity contribution >= 4 is 21.3 Å². The molecule has 0 fully saturated rings. The highest BCUT2D eigenvalue weighted by Crippen LogP contribution is 2.08. The van der Waals surface area contributed by atoms with Gasteiger partial charge in [-0.15, -0.1) is 0 Å². The Bertz CT molecular complexity index is 1100. The fourth-order valence-corrected chi connectivity index (χ4v) is 2.15. The largest absolute Gasteiger partial charge is 0.327 e. The summed E-state index contributed by atoms with van der Waals surface area (Å²) in [6, 6.07) is 5.99. The molecule has 0 atom stereocenters. The Kier molecular flexibility index (Phi) is 4.33. The van der Waals surface area contributed by atoms with Crippen LogP contribution < -0.4 is 16.9 Å². The zero-order valence-corrected chi connectivity index (χ0v) is 12.5. The molecule has 0 radical (unpaired) electrons. The van der Waals surface area contributed by atoms with Crippen molar-refractivity contribution in [2.45, 2.75) is 11.8 Å². The Balaban J connectivity index is 0.000000168. The molecule has 122 valence electrons. The van der Waals surface area contributed by atoms with E-state index in [1.807, 2.05) is 11.9 Å². The molecule has 3 aromatic rings. The van der Waals surface area contributed by atoms with Gasteiger partial charge in [-0.1, -0.05) is 17.7 Å². The number of fused-ring (bicyclic) bond motifs is 1. The number of aromatic nitrogens is 4. The van der Waals surface area contributed by atoms with Gasteiger partial charge in [-0.3, -0.25) is 29.3 Å². The van der Waals surface area contributed by atoms with Crippen LogP contribution in [0.1, 0.15) is 5.56 Å². The number of hydrogen-bond acceptors (Lipinski definition) is 5. The van der Waals surface area contributed by atoms with Gasteiger partial charge in [-0.25, -0.2) is 9.59 Å². The van der Waals surface area contributed by atoms with E-state index in [-0.39, 0.29) is 16.1 Å². The molecule has 0 saturated heterocycles. The van der Waals surface area contributed by atoms with Crippen molar-refractivity contribution in [3.8, 4) is 0 Å². The third-order valence-corrected chi connectivity index (χ3v) is 3.61. The Morgan fingerprint density at radius 1 is 0.870 bits per heavy atom. The Labute approximate surface area is 128 Å². The molecule has 0 saturated carbocycles. The standard InChI is InChI=1S/C7H8O3S.C5H4N4O3/c1-6-2-4-7(5-3-6)11(8,9)10;10-3-1-2(7-4(11)6-1)8-5(12)9-3/h2-5H,1H3,(H,8,9,10);(H4,6,7,8,9,10,11,12). The number of hydrogen-bond donors (Lipinski definition) is 5. The second-order valence-electron chi connectivity index (χ2n) is 4.53. The maximum atomic E-state index is 10.9. The molecule has 10 nitrogen and oxygen atoms in total. The van der Waals surface area contributed by atoms with Gasteiger partial charge in [0.15, 0.2) is 0 Å². The van der Waals surface area contributed by atoms with Crippen LogP contribution in [0.2, 0.25) is 0 Å². The lowest BCUT2D eigenvalue weighted by Gasteiger charge is -1.95. The second kappa shape index (κ2) is 6.06.